The molecular weight excluding hydrogens is 711 g/mol. The third-order valence-corrected chi connectivity index (χ3v) is 10.2. The standard InChI is InChI=1S/C28H30N8O11S2.Na/c1-2-3-15-16(47-28(43)46-15)10-45-27(42)34-6-5-14(9-34)35-7-4-12(22(35)38)8-13-11-48-24-18(23(39)36(24)19(13)25(40)41)30-21(37)17(32-44)20-31-26(29)49-33-20;/h8,14,18,24,44H,2-7,9-11H2,1H3,(H,30,37)(H,40,41)(H2,29,31,33);/t14-,18-,24-;/m1./s1. The number of aromatic nitrogens is 2. The number of thioether (sulfide) groups is 1. The maximum absolute atomic E-state index is 13.5. The van der Waals surface area contributed by atoms with Gasteiger partial charge in [-0.15, -0.1) is 11.8 Å². The van der Waals surface area contributed by atoms with Crippen LogP contribution in [-0.4, -0.2) is 142 Å². The zero-order valence-corrected chi connectivity index (χ0v) is 30.5. The van der Waals surface area contributed by atoms with Gasteiger partial charge in [-0.25, -0.2) is 14.4 Å². The van der Waals surface area contributed by atoms with Gasteiger partial charge in [0.2, 0.25) is 17.4 Å². The second kappa shape index (κ2) is 15.4. The molecule has 0 saturated carbocycles. The number of aryl methyl sites for hydroxylation is 1. The summed E-state index contributed by atoms with van der Waals surface area (Å²) in [5.41, 5.74) is 5.30. The Labute approximate surface area is 313 Å². The first-order valence-electron chi connectivity index (χ1n) is 15.1. The average Bonchev–Trinajstić information content (AvgIpc) is 3.87. The number of likely N-dealkylation sites (tertiary alicyclic amines) is 2. The van der Waals surface area contributed by atoms with Crippen LogP contribution in [0.4, 0.5) is 9.93 Å². The van der Waals surface area contributed by atoms with Crippen molar-refractivity contribution in [2.45, 2.75) is 56.7 Å². The molecule has 1 radical (unpaired) electrons. The van der Waals surface area contributed by atoms with Gasteiger partial charge in [0.15, 0.2) is 23.3 Å². The summed E-state index contributed by atoms with van der Waals surface area (Å²) < 4.78 is 19.1. The van der Waals surface area contributed by atoms with E-state index in [1.54, 1.807) is 4.90 Å². The Kier molecular flexibility index (Phi) is 11.4. The number of carbonyl (C=O) groups is 5. The number of hydrogen-bond acceptors (Lipinski definition) is 16. The Bertz CT molecular complexity index is 1870. The van der Waals surface area contributed by atoms with E-state index in [1.165, 1.54) is 22.7 Å². The predicted molar refractivity (Wildman–Crippen MR) is 174 cm³/mol. The molecule has 4 aliphatic rings. The molecule has 0 bridgehead atoms. The summed E-state index contributed by atoms with van der Waals surface area (Å²) in [5.74, 6) is -3.81. The van der Waals surface area contributed by atoms with Crippen molar-refractivity contribution in [2.24, 2.45) is 5.16 Å². The first kappa shape index (κ1) is 37.1. The second-order valence-electron chi connectivity index (χ2n) is 11.4. The molecule has 3 saturated heterocycles. The molecule has 22 heteroatoms. The van der Waals surface area contributed by atoms with Crippen molar-refractivity contribution < 1.29 is 47.9 Å². The molecule has 0 aliphatic carbocycles. The number of amides is 4. The van der Waals surface area contributed by atoms with Gasteiger partial charge in [0, 0.05) is 78.5 Å². The maximum Gasteiger partial charge on any atom is 0.519 e. The summed E-state index contributed by atoms with van der Waals surface area (Å²) in [6, 6.07) is -1.41. The fourth-order valence-electron chi connectivity index (χ4n) is 6.06. The van der Waals surface area contributed by atoms with Gasteiger partial charge in [-0.3, -0.25) is 19.3 Å². The van der Waals surface area contributed by atoms with Gasteiger partial charge in [0.05, 0.1) is 6.04 Å². The van der Waals surface area contributed by atoms with Crippen molar-refractivity contribution in [3.8, 4) is 0 Å². The number of nitrogens with zero attached hydrogens (tertiary/aromatic N) is 6. The molecule has 4 aliphatic heterocycles. The number of nitrogens with two attached hydrogens (primary N) is 1. The molecule has 6 rings (SSSR count). The SMILES string of the molecule is CCCc1oc(=O)oc1COC(=O)N1CC[C@@H](N2CCC(=CC3=C(C(=O)O)N4C(=O)[C@@H](NC(=O)C(=NO)c5nsc(N)n5)[C@H]4SC3)C2=O)C1.[Na]. The van der Waals surface area contributed by atoms with Gasteiger partial charge in [0.25, 0.3) is 11.8 Å². The normalized spacial score (nSPS) is 22.8. The summed E-state index contributed by atoms with van der Waals surface area (Å²) in [6.07, 6.45) is 2.86. The summed E-state index contributed by atoms with van der Waals surface area (Å²) in [4.78, 5) is 83.9. The number of carbonyl (C=O) groups excluding carboxylic acids is 4. The number of oxime groups is 1. The van der Waals surface area contributed by atoms with Gasteiger partial charge < -0.3 is 44.7 Å². The van der Waals surface area contributed by atoms with Crippen LogP contribution in [0.2, 0.25) is 0 Å². The number of carboxylic acid groups (broad SMARTS) is 1. The number of nitrogens with one attached hydrogen (secondary N) is 1. The Morgan fingerprint density at radius 1 is 1.20 bits per heavy atom. The molecule has 3 fully saturated rings. The Balaban J connectivity index is 0.00000486. The van der Waals surface area contributed by atoms with Crippen molar-refractivity contribution in [1.82, 2.24) is 29.4 Å². The molecule has 4 amide bonds. The van der Waals surface area contributed by atoms with E-state index in [2.05, 4.69) is 19.8 Å². The minimum Gasteiger partial charge on any atom is -0.477 e. The molecule has 0 aromatic carbocycles. The minimum absolute atomic E-state index is 0. The maximum atomic E-state index is 13.5. The van der Waals surface area contributed by atoms with Crippen molar-refractivity contribution in [3.05, 3.63) is 50.9 Å². The molecule has 0 unspecified atom stereocenters. The van der Waals surface area contributed by atoms with Crippen molar-refractivity contribution >= 4 is 93.5 Å². The predicted octanol–water partition coefficient (Wildman–Crippen LogP) is -0.275. The first-order valence-corrected chi connectivity index (χ1v) is 16.9. The Morgan fingerprint density at radius 2 is 1.96 bits per heavy atom. The third-order valence-electron chi connectivity index (χ3n) is 8.35. The molecule has 19 nitrogen and oxygen atoms in total. The van der Waals surface area contributed by atoms with Crippen LogP contribution in [0.15, 0.2) is 41.7 Å². The number of aliphatic carboxylic acids is 1. The average molecular weight is 742 g/mol. The summed E-state index contributed by atoms with van der Waals surface area (Å²) >= 11 is 1.98. The van der Waals surface area contributed by atoms with E-state index >= 15 is 0 Å². The van der Waals surface area contributed by atoms with E-state index in [9.17, 15) is 39.1 Å². The van der Waals surface area contributed by atoms with Gasteiger partial charge in [-0.2, -0.15) is 9.36 Å². The molecule has 5 N–H and O–H groups in total. The summed E-state index contributed by atoms with van der Waals surface area (Å²) in [5, 5.41) is 24.0. The van der Waals surface area contributed by atoms with E-state index < -0.39 is 46.8 Å². The van der Waals surface area contributed by atoms with Gasteiger partial charge >= 0.3 is 17.9 Å². The second-order valence-corrected chi connectivity index (χ2v) is 13.2. The van der Waals surface area contributed by atoms with Crippen molar-refractivity contribution in [2.75, 3.05) is 31.1 Å². The topological polar surface area (TPSA) is 264 Å². The molecular formula is C28H30N8NaO11S2. The van der Waals surface area contributed by atoms with Crippen LogP contribution < -0.4 is 16.9 Å². The number of carboxylic acids is 1. The number of anilines is 1. The van der Waals surface area contributed by atoms with Crippen LogP contribution in [0.3, 0.4) is 0 Å². The van der Waals surface area contributed by atoms with Crippen LogP contribution in [0.1, 0.15) is 43.5 Å². The first-order chi connectivity index (χ1) is 23.5. The molecule has 50 heavy (non-hydrogen) atoms. The van der Waals surface area contributed by atoms with Crippen LogP contribution >= 0.6 is 23.3 Å². The molecule has 2 aromatic rings. The van der Waals surface area contributed by atoms with Crippen LogP contribution in [0, 0.1) is 0 Å². The van der Waals surface area contributed by atoms with Gasteiger partial charge in [-0.1, -0.05) is 12.1 Å². The summed E-state index contributed by atoms with van der Waals surface area (Å²) in [6.45, 7) is 2.55. The van der Waals surface area contributed by atoms with Crippen molar-refractivity contribution in [3.63, 3.8) is 0 Å². The number of nitrogen functional groups attached to an aromatic ring is 1. The van der Waals surface area contributed by atoms with Crippen LogP contribution in [-0.2, 0) is 36.9 Å². The van der Waals surface area contributed by atoms with E-state index in [1.807, 2.05) is 6.92 Å². The molecule has 0 spiro atoms. The quantitative estimate of drug-likeness (QED) is 0.0610. The van der Waals surface area contributed by atoms with E-state index in [0.717, 1.165) is 16.4 Å². The molecule has 261 valence electrons. The third kappa shape index (κ3) is 7.18. The van der Waals surface area contributed by atoms with Crippen LogP contribution in [0.25, 0.3) is 0 Å². The fraction of sp³-hybridized carbons (Fsp3) is 0.464. The largest absolute Gasteiger partial charge is 0.519 e. The Morgan fingerprint density at radius 3 is 2.64 bits per heavy atom. The fourth-order valence-corrected chi connectivity index (χ4v) is 7.80. The van der Waals surface area contributed by atoms with E-state index in [0.29, 0.717) is 50.1 Å². The zero-order chi connectivity index (χ0) is 35.0. The number of hydrogen-bond donors (Lipinski definition) is 4. The number of ether oxygens (including phenoxy) is 1. The van der Waals surface area contributed by atoms with E-state index in [4.69, 9.17) is 19.3 Å². The van der Waals surface area contributed by atoms with Crippen molar-refractivity contribution in [1.29, 1.82) is 0 Å². The van der Waals surface area contributed by atoms with Gasteiger partial charge in [-0.05, 0) is 30.9 Å². The molecule has 6 heterocycles. The monoisotopic (exact) mass is 741 g/mol. The molecule has 2 aromatic heterocycles. The minimum atomic E-state index is -1.38. The van der Waals surface area contributed by atoms with Crippen LogP contribution in [0.5, 0.6) is 0 Å². The number of allylic oxidation sites excluding steroid dienone is 1. The smallest absolute Gasteiger partial charge is 0.477 e. The van der Waals surface area contributed by atoms with Gasteiger partial charge in [0.1, 0.15) is 17.1 Å². The number of rotatable bonds is 10. The number of fused-ring (bicyclic) bond motifs is 1. The summed E-state index contributed by atoms with van der Waals surface area (Å²) in [7, 11) is 0. The zero-order valence-electron chi connectivity index (χ0n) is 26.8. The Hall–Kier alpha value is -4.18. The number of β-lactam (4-membered cyclic amide) rings is 1. The molecule has 3 atom stereocenters. The van der Waals surface area contributed by atoms with E-state index in [-0.39, 0.29) is 88.4 Å².